The number of hydrogen-bond donors (Lipinski definition) is 2. The van der Waals surface area contributed by atoms with Gasteiger partial charge in [0, 0.05) is 30.2 Å². The van der Waals surface area contributed by atoms with Crippen molar-refractivity contribution in [3.63, 3.8) is 0 Å². The number of nitrogens with one attached hydrogen (secondary N) is 1. The topological polar surface area (TPSA) is 56.3 Å². The van der Waals surface area contributed by atoms with Crippen molar-refractivity contribution >= 4 is 16.8 Å². The fraction of sp³-hybridized carbons (Fsp3) is 0.400. The lowest BCUT2D eigenvalue weighted by Gasteiger charge is -2.19. The molecule has 4 nitrogen and oxygen atoms in total. The number of fused-ring (bicyclic) bond motifs is 1. The number of H-pyrrole nitrogens is 1. The third-order valence-corrected chi connectivity index (χ3v) is 3.44. The Balaban J connectivity index is 2.24. The zero-order valence-corrected chi connectivity index (χ0v) is 11.4. The average Bonchev–Trinajstić information content (AvgIpc) is 2.80. The number of benzene rings is 1. The summed E-state index contributed by atoms with van der Waals surface area (Å²) in [4.78, 5) is 17.1. The highest BCUT2D eigenvalue weighted by molar-refractivity contribution is 5.91. The Kier molecular flexibility index (Phi) is 4.22. The molecule has 1 aromatic heterocycles. The van der Waals surface area contributed by atoms with Gasteiger partial charge >= 0.3 is 0 Å². The Morgan fingerprint density at radius 3 is 2.89 bits per heavy atom. The Morgan fingerprint density at radius 1 is 1.42 bits per heavy atom. The smallest absolute Gasteiger partial charge is 0.227 e. The highest BCUT2D eigenvalue weighted by atomic mass is 16.3. The molecule has 19 heavy (non-hydrogen) atoms. The van der Waals surface area contributed by atoms with Crippen molar-refractivity contribution in [1.82, 2.24) is 9.88 Å². The quantitative estimate of drug-likeness (QED) is 0.862. The van der Waals surface area contributed by atoms with E-state index in [0.29, 0.717) is 19.5 Å². The van der Waals surface area contributed by atoms with Crippen LogP contribution in [0.3, 0.4) is 0 Å². The van der Waals surface area contributed by atoms with E-state index in [1.165, 1.54) is 5.56 Å². The van der Waals surface area contributed by atoms with Crippen molar-refractivity contribution in [2.24, 2.45) is 0 Å². The maximum absolute atomic E-state index is 12.2. The fourth-order valence-electron chi connectivity index (χ4n) is 2.45. The van der Waals surface area contributed by atoms with Crippen molar-refractivity contribution in [3.05, 3.63) is 35.5 Å². The molecule has 1 heterocycles. The minimum absolute atomic E-state index is 0.00644. The van der Waals surface area contributed by atoms with E-state index < -0.39 is 0 Å². The summed E-state index contributed by atoms with van der Waals surface area (Å²) in [6, 6.07) is 6.07. The second-order valence-electron chi connectivity index (χ2n) is 4.69. The second-order valence-corrected chi connectivity index (χ2v) is 4.69. The number of hydrogen-bond acceptors (Lipinski definition) is 2. The van der Waals surface area contributed by atoms with Gasteiger partial charge in [-0.25, -0.2) is 0 Å². The van der Waals surface area contributed by atoms with Gasteiger partial charge in [0.15, 0.2) is 0 Å². The normalized spacial score (nSPS) is 10.9. The summed E-state index contributed by atoms with van der Waals surface area (Å²) in [5.74, 6) is 0.0562. The van der Waals surface area contributed by atoms with Gasteiger partial charge in [-0.2, -0.15) is 0 Å². The Morgan fingerprint density at radius 2 is 2.21 bits per heavy atom. The molecule has 1 aromatic carbocycles. The monoisotopic (exact) mass is 260 g/mol. The molecule has 0 radical (unpaired) electrons. The number of carbonyl (C=O) groups is 1. The fourth-order valence-corrected chi connectivity index (χ4v) is 2.45. The lowest BCUT2D eigenvalue weighted by molar-refractivity contribution is -0.130. The van der Waals surface area contributed by atoms with Gasteiger partial charge in [-0.3, -0.25) is 4.79 Å². The molecule has 0 saturated carbocycles. The van der Waals surface area contributed by atoms with Gasteiger partial charge in [-0.15, -0.1) is 0 Å². The third kappa shape index (κ3) is 2.79. The first-order valence-corrected chi connectivity index (χ1v) is 6.61. The number of rotatable bonds is 5. The first kappa shape index (κ1) is 13.6. The summed E-state index contributed by atoms with van der Waals surface area (Å²) in [5.41, 5.74) is 3.26. The number of nitrogens with zero attached hydrogens (tertiary/aromatic N) is 1. The number of amides is 1. The van der Waals surface area contributed by atoms with Crippen LogP contribution in [0.25, 0.3) is 10.9 Å². The highest BCUT2D eigenvalue weighted by Crippen LogP contribution is 2.22. The van der Waals surface area contributed by atoms with E-state index in [1.807, 2.05) is 25.3 Å². The number of aromatic nitrogens is 1. The largest absolute Gasteiger partial charge is 0.395 e. The molecule has 0 spiro atoms. The van der Waals surface area contributed by atoms with E-state index in [1.54, 1.807) is 4.90 Å². The Hall–Kier alpha value is -1.81. The molecule has 2 rings (SSSR count). The third-order valence-electron chi connectivity index (χ3n) is 3.44. The first-order chi connectivity index (χ1) is 9.17. The summed E-state index contributed by atoms with van der Waals surface area (Å²) >= 11 is 0. The van der Waals surface area contributed by atoms with E-state index in [0.717, 1.165) is 16.5 Å². The number of aryl methyl sites for hydroxylation is 1. The van der Waals surface area contributed by atoms with Gasteiger partial charge in [0.05, 0.1) is 13.0 Å². The van der Waals surface area contributed by atoms with Crippen LogP contribution in [0.2, 0.25) is 0 Å². The summed E-state index contributed by atoms with van der Waals surface area (Å²) < 4.78 is 0. The predicted octanol–water partition coefficient (Wildman–Crippen LogP) is 1.86. The number of likely N-dealkylation sites (N-methyl/N-ethyl adjacent to an activating group) is 1. The molecule has 102 valence electrons. The van der Waals surface area contributed by atoms with Gasteiger partial charge < -0.3 is 15.0 Å². The minimum Gasteiger partial charge on any atom is -0.395 e. The molecule has 0 bridgehead atoms. The SMILES string of the molecule is CCN(CCO)C(=O)Cc1c[nH]c2cccc(C)c12. The van der Waals surface area contributed by atoms with E-state index >= 15 is 0 Å². The number of carbonyl (C=O) groups excluding carboxylic acids is 1. The highest BCUT2D eigenvalue weighted by Gasteiger charge is 2.15. The molecule has 0 aliphatic heterocycles. The molecule has 0 aliphatic carbocycles. The van der Waals surface area contributed by atoms with Gasteiger partial charge in [-0.05, 0) is 31.0 Å². The summed E-state index contributed by atoms with van der Waals surface area (Å²) in [6.45, 7) is 5.01. The zero-order chi connectivity index (χ0) is 13.8. The summed E-state index contributed by atoms with van der Waals surface area (Å²) in [7, 11) is 0. The van der Waals surface area contributed by atoms with Crippen LogP contribution in [-0.2, 0) is 11.2 Å². The maximum Gasteiger partial charge on any atom is 0.227 e. The van der Waals surface area contributed by atoms with Crippen LogP contribution in [0.4, 0.5) is 0 Å². The molecule has 0 aliphatic rings. The Bertz CT molecular complexity index is 575. The van der Waals surface area contributed by atoms with Crippen molar-refractivity contribution in [2.75, 3.05) is 19.7 Å². The molecule has 1 amide bonds. The molecular weight excluding hydrogens is 240 g/mol. The average molecular weight is 260 g/mol. The summed E-state index contributed by atoms with van der Waals surface area (Å²) in [6.07, 6.45) is 2.28. The molecule has 0 atom stereocenters. The molecular formula is C15H20N2O2. The number of aliphatic hydroxyl groups is 1. The van der Waals surface area contributed by atoms with E-state index in [4.69, 9.17) is 5.11 Å². The van der Waals surface area contributed by atoms with Crippen molar-refractivity contribution < 1.29 is 9.90 Å². The van der Waals surface area contributed by atoms with Crippen LogP contribution in [-0.4, -0.2) is 40.6 Å². The van der Waals surface area contributed by atoms with Crippen molar-refractivity contribution in [3.8, 4) is 0 Å². The van der Waals surface area contributed by atoms with Gasteiger partial charge in [0.2, 0.25) is 5.91 Å². The van der Waals surface area contributed by atoms with Crippen LogP contribution in [0, 0.1) is 6.92 Å². The first-order valence-electron chi connectivity index (χ1n) is 6.61. The molecule has 0 unspecified atom stereocenters. The van der Waals surface area contributed by atoms with Crippen molar-refractivity contribution in [2.45, 2.75) is 20.3 Å². The van der Waals surface area contributed by atoms with Crippen LogP contribution in [0.15, 0.2) is 24.4 Å². The van der Waals surface area contributed by atoms with Crippen LogP contribution >= 0.6 is 0 Å². The lowest BCUT2D eigenvalue weighted by Crippen LogP contribution is -2.34. The zero-order valence-electron chi connectivity index (χ0n) is 11.4. The minimum atomic E-state index is 0.00644. The molecule has 4 heteroatoms. The number of aliphatic hydroxyl groups excluding tert-OH is 1. The molecule has 0 fully saturated rings. The molecule has 0 saturated heterocycles. The van der Waals surface area contributed by atoms with E-state index in [9.17, 15) is 4.79 Å². The van der Waals surface area contributed by atoms with E-state index in [-0.39, 0.29) is 12.5 Å². The predicted molar refractivity (Wildman–Crippen MR) is 76.1 cm³/mol. The maximum atomic E-state index is 12.2. The van der Waals surface area contributed by atoms with Crippen LogP contribution < -0.4 is 0 Å². The number of aromatic amines is 1. The van der Waals surface area contributed by atoms with Gasteiger partial charge in [0.25, 0.3) is 0 Å². The van der Waals surface area contributed by atoms with Crippen molar-refractivity contribution in [1.29, 1.82) is 0 Å². The van der Waals surface area contributed by atoms with E-state index in [2.05, 4.69) is 18.0 Å². The standard InChI is InChI=1S/C15H20N2O2/c1-3-17(7-8-18)14(19)9-12-10-16-13-6-4-5-11(2)15(12)13/h4-6,10,16,18H,3,7-9H2,1-2H3. The molecule has 2 aromatic rings. The van der Waals surface area contributed by atoms with Gasteiger partial charge in [-0.1, -0.05) is 12.1 Å². The summed E-state index contributed by atoms with van der Waals surface area (Å²) in [5, 5.41) is 10.1. The van der Waals surface area contributed by atoms with Gasteiger partial charge in [0.1, 0.15) is 0 Å². The van der Waals surface area contributed by atoms with Crippen LogP contribution in [0.1, 0.15) is 18.1 Å². The Labute approximate surface area is 113 Å². The van der Waals surface area contributed by atoms with Crippen LogP contribution in [0.5, 0.6) is 0 Å². The molecule has 2 N–H and O–H groups in total. The lowest BCUT2D eigenvalue weighted by atomic mass is 10.0. The second kappa shape index (κ2) is 5.89.